The first kappa shape index (κ1) is 34.6. The number of pyridine rings is 1. The lowest BCUT2D eigenvalue weighted by Gasteiger charge is -2.30. The maximum atomic E-state index is 13.4. The molecule has 244 valence electrons. The van der Waals surface area contributed by atoms with Crippen molar-refractivity contribution in [3.63, 3.8) is 0 Å². The molecule has 1 fully saturated rings. The summed E-state index contributed by atoms with van der Waals surface area (Å²) in [6, 6.07) is -1.99. The molecule has 1 saturated heterocycles. The molecule has 0 aromatic carbocycles. The number of carbonyl (C=O) groups excluding carboxylic acids is 3. The second kappa shape index (κ2) is 13.4. The minimum Gasteiger partial charge on any atom is -0.382 e. The zero-order valence-corrected chi connectivity index (χ0v) is 24.4. The molecule has 18 heteroatoms. The van der Waals surface area contributed by atoms with Crippen molar-refractivity contribution in [1.82, 2.24) is 30.3 Å². The third-order valence-corrected chi connectivity index (χ3v) is 6.76. The number of amides is 4. The number of alkyl halides is 6. The monoisotopic (exact) mass is 637 g/mol. The number of halogens is 6. The summed E-state index contributed by atoms with van der Waals surface area (Å²) in [4.78, 5) is 43.6. The molecule has 3 N–H and O–H groups in total. The van der Waals surface area contributed by atoms with Gasteiger partial charge in [-0.15, -0.1) is 0 Å². The fourth-order valence-corrected chi connectivity index (χ4v) is 4.17. The molecule has 0 saturated carbocycles. The van der Waals surface area contributed by atoms with Gasteiger partial charge in [0.15, 0.2) is 5.60 Å². The van der Waals surface area contributed by atoms with Crippen LogP contribution in [-0.4, -0.2) is 94.4 Å². The molecule has 3 heterocycles. The first-order chi connectivity index (χ1) is 20.4. The lowest BCUT2D eigenvalue weighted by atomic mass is 10.1. The van der Waals surface area contributed by atoms with E-state index in [1.807, 2.05) is 5.32 Å². The van der Waals surface area contributed by atoms with Crippen LogP contribution in [0.2, 0.25) is 0 Å². The molecule has 3 atom stereocenters. The second-order valence-corrected chi connectivity index (χ2v) is 10.7. The van der Waals surface area contributed by atoms with Gasteiger partial charge in [-0.05, 0) is 51.5 Å². The fraction of sp³-hybridized carbons (Fsp3) is 0.577. The van der Waals surface area contributed by atoms with E-state index in [0.717, 1.165) is 18.7 Å². The quantitative estimate of drug-likeness (QED) is 0.302. The van der Waals surface area contributed by atoms with Gasteiger partial charge in [0.2, 0.25) is 0 Å². The minimum absolute atomic E-state index is 0.0384. The van der Waals surface area contributed by atoms with Crippen LogP contribution in [0.5, 0.6) is 0 Å². The molecular weight excluding hydrogens is 604 g/mol. The van der Waals surface area contributed by atoms with Gasteiger partial charge in [0, 0.05) is 25.5 Å². The molecule has 2 aromatic heterocycles. The Labute approximate surface area is 248 Å². The van der Waals surface area contributed by atoms with Crippen molar-refractivity contribution in [3.05, 3.63) is 41.9 Å². The molecule has 3 rings (SSSR count). The summed E-state index contributed by atoms with van der Waals surface area (Å²) < 4.78 is 91.6. The molecular formula is C26H33F6N7O5. The Bertz CT molecular complexity index is 1330. The van der Waals surface area contributed by atoms with Crippen molar-refractivity contribution in [2.75, 3.05) is 32.2 Å². The van der Waals surface area contributed by atoms with E-state index in [1.165, 1.54) is 42.4 Å². The topological polar surface area (TPSA) is 140 Å². The van der Waals surface area contributed by atoms with Gasteiger partial charge in [-0.25, -0.2) is 9.78 Å². The van der Waals surface area contributed by atoms with Crippen molar-refractivity contribution in [2.24, 2.45) is 0 Å². The number of rotatable bonds is 12. The van der Waals surface area contributed by atoms with E-state index in [9.17, 15) is 40.7 Å². The molecule has 0 spiro atoms. The van der Waals surface area contributed by atoms with E-state index in [1.54, 1.807) is 13.8 Å². The third-order valence-electron chi connectivity index (χ3n) is 6.76. The van der Waals surface area contributed by atoms with Gasteiger partial charge in [0.1, 0.15) is 23.6 Å². The number of hydrogen-bond acceptors (Lipinski definition) is 7. The van der Waals surface area contributed by atoms with Gasteiger partial charge in [-0.2, -0.15) is 31.4 Å². The largest absolute Gasteiger partial charge is 0.416 e. The van der Waals surface area contributed by atoms with Crippen LogP contribution in [0.4, 0.5) is 37.0 Å². The smallest absolute Gasteiger partial charge is 0.382 e. The first-order valence-corrected chi connectivity index (χ1v) is 13.3. The Morgan fingerprint density at radius 1 is 1.11 bits per heavy atom. The first-order valence-electron chi connectivity index (χ1n) is 13.3. The Hall–Kier alpha value is -3.93. The Kier molecular flexibility index (Phi) is 10.5. The van der Waals surface area contributed by atoms with Gasteiger partial charge < -0.3 is 30.3 Å². The van der Waals surface area contributed by atoms with Crippen LogP contribution in [0.25, 0.3) is 0 Å². The van der Waals surface area contributed by atoms with Crippen LogP contribution < -0.4 is 16.0 Å². The summed E-state index contributed by atoms with van der Waals surface area (Å²) >= 11 is 0. The number of nitrogens with zero attached hydrogens (tertiary/aromatic N) is 4. The van der Waals surface area contributed by atoms with Crippen LogP contribution >= 0.6 is 0 Å². The zero-order chi connectivity index (χ0) is 33.0. The molecule has 0 unspecified atom stereocenters. The molecule has 0 aliphatic carbocycles. The van der Waals surface area contributed by atoms with Gasteiger partial charge in [0.05, 0.1) is 25.8 Å². The highest BCUT2D eigenvalue weighted by molar-refractivity contribution is 6.00. The molecule has 2 aromatic rings. The Morgan fingerprint density at radius 2 is 1.80 bits per heavy atom. The lowest BCUT2D eigenvalue weighted by Crippen LogP contribution is -2.51. The zero-order valence-electron chi connectivity index (χ0n) is 24.4. The number of urea groups is 1. The van der Waals surface area contributed by atoms with Crippen LogP contribution in [0.15, 0.2) is 30.6 Å². The molecule has 12 nitrogen and oxygen atoms in total. The van der Waals surface area contributed by atoms with Crippen molar-refractivity contribution in [1.29, 1.82) is 0 Å². The fourth-order valence-electron chi connectivity index (χ4n) is 4.17. The number of carbonyl (C=O) groups is 3. The molecule has 0 radical (unpaired) electrons. The van der Waals surface area contributed by atoms with Gasteiger partial charge in [-0.1, -0.05) is 0 Å². The van der Waals surface area contributed by atoms with E-state index in [-0.39, 0.29) is 29.7 Å². The van der Waals surface area contributed by atoms with Crippen LogP contribution in [0.3, 0.4) is 0 Å². The highest BCUT2D eigenvalue weighted by Crippen LogP contribution is 2.33. The highest BCUT2D eigenvalue weighted by Gasteiger charge is 2.50. The molecule has 1 aliphatic rings. The lowest BCUT2D eigenvalue weighted by molar-refractivity contribution is -0.264. The number of methoxy groups -OCH3 is 1. The molecule has 1 aliphatic heterocycles. The normalized spacial score (nSPS) is 17.4. The summed E-state index contributed by atoms with van der Waals surface area (Å²) in [6.45, 7) is 3.21. The average molecular weight is 638 g/mol. The summed E-state index contributed by atoms with van der Waals surface area (Å²) in [6.07, 6.45) is -6.93. The van der Waals surface area contributed by atoms with E-state index in [0.29, 0.717) is 0 Å². The summed E-state index contributed by atoms with van der Waals surface area (Å²) in [5.74, 6) is -1.98. The van der Waals surface area contributed by atoms with Crippen molar-refractivity contribution >= 4 is 23.7 Å². The highest BCUT2D eigenvalue weighted by atomic mass is 19.4. The minimum atomic E-state index is -4.80. The number of ether oxygens (including phenoxy) is 2. The van der Waals surface area contributed by atoms with Crippen LogP contribution in [0, 0.1) is 0 Å². The maximum Gasteiger partial charge on any atom is 0.416 e. The predicted molar refractivity (Wildman–Crippen MR) is 143 cm³/mol. The van der Waals surface area contributed by atoms with E-state index in [2.05, 4.69) is 20.7 Å². The number of nitrogens with one attached hydrogen (secondary N) is 3. The van der Waals surface area contributed by atoms with E-state index < -0.39 is 67.1 Å². The van der Waals surface area contributed by atoms with Crippen molar-refractivity contribution in [2.45, 2.75) is 69.8 Å². The summed E-state index contributed by atoms with van der Waals surface area (Å²) in [5, 5.41) is 10.7. The van der Waals surface area contributed by atoms with Crippen LogP contribution in [-0.2, 0) is 14.3 Å². The maximum absolute atomic E-state index is 13.4. The Morgan fingerprint density at radius 3 is 2.36 bits per heavy atom. The van der Waals surface area contributed by atoms with E-state index in [4.69, 9.17) is 9.47 Å². The average Bonchev–Trinajstić information content (AvgIpc) is 3.56. The Balaban J connectivity index is 1.85. The molecule has 0 bridgehead atoms. The number of hydrogen-bond donors (Lipinski definition) is 3. The number of anilines is 1. The van der Waals surface area contributed by atoms with Crippen molar-refractivity contribution < 1.29 is 50.2 Å². The van der Waals surface area contributed by atoms with Gasteiger partial charge in [0.25, 0.3) is 11.8 Å². The van der Waals surface area contributed by atoms with Crippen molar-refractivity contribution in [3.8, 4) is 0 Å². The molecule has 4 amide bonds. The molecule has 44 heavy (non-hydrogen) atoms. The second-order valence-electron chi connectivity index (χ2n) is 10.7. The van der Waals surface area contributed by atoms with E-state index >= 15 is 0 Å². The summed E-state index contributed by atoms with van der Waals surface area (Å²) in [5.41, 5.74) is -2.39. The standard InChI is InChI=1S/C26H33F6N7O5/c1-14(2)39-17(7-9-34-39)22(41)35-16(12-44-24(3,4)26(30,31)32)21(40)37-20-10-15(6-8-33-20)18(13-43-5)38-11-19(25(27,28)29)36-23(38)42/h6-10,14,16,18-19H,11-13H2,1-5H3,(H,35,41)(H,36,42)(H,33,37,40)/t16-,18+,19-/m0/s1. The summed E-state index contributed by atoms with van der Waals surface area (Å²) in [7, 11) is 1.28. The SMILES string of the molecule is COC[C@H](c1ccnc(NC(=O)[C@H](COC(C)(C)C(F)(F)F)NC(=O)c2ccnn2C(C)C)c1)N1C[C@@H](C(F)(F)F)NC1=O. The van der Waals surface area contributed by atoms with Gasteiger partial charge in [-0.3, -0.25) is 14.3 Å². The van der Waals surface area contributed by atoms with Crippen LogP contribution in [0.1, 0.15) is 55.8 Å². The predicted octanol–water partition coefficient (Wildman–Crippen LogP) is 3.60. The van der Waals surface area contributed by atoms with Gasteiger partial charge >= 0.3 is 18.4 Å². The number of aromatic nitrogens is 3. The third kappa shape index (κ3) is 8.16.